The Labute approximate surface area is 154 Å². The molecule has 1 N–H and O–H groups in total. The van der Waals surface area contributed by atoms with Gasteiger partial charge >= 0.3 is 0 Å². The normalized spacial score (nSPS) is 18.8. The second kappa shape index (κ2) is 7.20. The number of nitrogens with zero attached hydrogens (tertiary/aromatic N) is 3. The Bertz CT molecular complexity index is 912. The van der Waals surface area contributed by atoms with Gasteiger partial charge in [0.25, 0.3) is 0 Å². The van der Waals surface area contributed by atoms with E-state index in [4.69, 9.17) is 11.6 Å². The van der Waals surface area contributed by atoms with Crippen molar-refractivity contribution in [3.63, 3.8) is 0 Å². The number of aromatic nitrogens is 2. The minimum atomic E-state index is -3.77. The summed E-state index contributed by atoms with van der Waals surface area (Å²) in [6.45, 7) is 2.07. The standard InChI is InChI=1S/C15H15ClN4O3S2/c1-10(12-2-3-13(16)24-12)9-25(22,23)19-11-4-7-20(15(11)21)14-8-17-5-6-18-14/h2-3,5-6,8-9,11,19H,4,7H2,1H3/t11-/m0/s1. The van der Waals surface area contributed by atoms with Crippen molar-refractivity contribution in [1.29, 1.82) is 0 Å². The van der Waals surface area contributed by atoms with Crippen LogP contribution in [0.1, 0.15) is 18.2 Å². The molecule has 1 amide bonds. The van der Waals surface area contributed by atoms with Gasteiger partial charge in [-0.25, -0.2) is 13.4 Å². The quantitative estimate of drug-likeness (QED) is 0.834. The molecule has 2 aromatic heterocycles. The van der Waals surface area contributed by atoms with Crippen LogP contribution >= 0.6 is 22.9 Å². The van der Waals surface area contributed by atoms with Gasteiger partial charge in [0, 0.05) is 23.8 Å². The summed E-state index contributed by atoms with van der Waals surface area (Å²) in [5.74, 6) is 0.0726. The van der Waals surface area contributed by atoms with E-state index in [9.17, 15) is 13.2 Å². The van der Waals surface area contributed by atoms with Crippen molar-refractivity contribution in [2.24, 2.45) is 0 Å². The van der Waals surface area contributed by atoms with Gasteiger partial charge in [-0.3, -0.25) is 14.7 Å². The molecule has 0 bridgehead atoms. The molecule has 2 aromatic rings. The molecule has 25 heavy (non-hydrogen) atoms. The molecule has 0 spiro atoms. The molecule has 1 aliphatic heterocycles. The average molecular weight is 399 g/mol. The minimum absolute atomic E-state index is 0.339. The first-order valence-electron chi connectivity index (χ1n) is 7.39. The highest BCUT2D eigenvalue weighted by atomic mass is 35.5. The van der Waals surface area contributed by atoms with Crippen LogP contribution in [0, 0.1) is 0 Å². The molecule has 0 unspecified atom stereocenters. The molecule has 10 heteroatoms. The van der Waals surface area contributed by atoms with Crippen LogP contribution < -0.4 is 9.62 Å². The lowest BCUT2D eigenvalue weighted by Gasteiger charge is -2.15. The topological polar surface area (TPSA) is 92.3 Å². The van der Waals surface area contributed by atoms with Crippen molar-refractivity contribution >= 4 is 50.3 Å². The van der Waals surface area contributed by atoms with E-state index in [1.807, 2.05) is 0 Å². The Balaban J connectivity index is 1.72. The van der Waals surface area contributed by atoms with Crippen molar-refractivity contribution in [2.75, 3.05) is 11.4 Å². The van der Waals surface area contributed by atoms with Gasteiger partial charge in [0.1, 0.15) is 6.04 Å². The lowest BCUT2D eigenvalue weighted by Crippen LogP contribution is -2.41. The van der Waals surface area contributed by atoms with Gasteiger partial charge in [0.15, 0.2) is 5.82 Å². The van der Waals surface area contributed by atoms with Gasteiger partial charge in [-0.15, -0.1) is 11.3 Å². The lowest BCUT2D eigenvalue weighted by atomic mass is 10.3. The SMILES string of the molecule is CC(=CS(=O)(=O)N[C@H]1CCN(c2cnccn2)C1=O)c1ccc(Cl)s1. The highest BCUT2D eigenvalue weighted by molar-refractivity contribution is 7.92. The van der Waals surface area contributed by atoms with Crippen LogP contribution in [0.4, 0.5) is 5.82 Å². The van der Waals surface area contributed by atoms with Gasteiger partial charge in [-0.1, -0.05) is 11.6 Å². The number of sulfonamides is 1. The average Bonchev–Trinajstić information content (AvgIpc) is 3.14. The number of hydrogen-bond donors (Lipinski definition) is 1. The Kier molecular flexibility index (Phi) is 5.19. The highest BCUT2D eigenvalue weighted by Gasteiger charge is 2.35. The number of amides is 1. The number of nitrogens with one attached hydrogen (secondary N) is 1. The van der Waals surface area contributed by atoms with Crippen molar-refractivity contribution in [2.45, 2.75) is 19.4 Å². The number of allylic oxidation sites excluding steroid dienone is 1. The number of carbonyl (C=O) groups excluding carboxylic acids is 1. The van der Waals surface area contributed by atoms with E-state index in [0.29, 0.717) is 28.7 Å². The zero-order valence-corrected chi connectivity index (χ0v) is 15.6. The number of hydrogen-bond acceptors (Lipinski definition) is 6. The van der Waals surface area contributed by atoms with Crippen molar-refractivity contribution in [1.82, 2.24) is 14.7 Å². The molecule has 0 aromatic carbocycles. The first-order chi connectivity index (χ1) is 11.9. The molecule has 1 saturated heterocycles. The van der Waals surface area contributed by atoms with E-state index in [1.54, 1.807) is 19.1 Å². The highest BCUT2D eigenvalue weighted by Crippen LogP contribution is 2.28. The lowest BCUT2D eigenvalue weighted by molar-refractivity contribution is -0.118. The Morgan fingerprint density at radius 2 is 2.24 bits per heavy atom. The van der Waals surface area contributed by atoms with Gasteiger partial charge in [-0.05, 0) is 31.1 Å². The molecule has 0 aliphatic carbocycles. The molecular weight excluding hydrogens is 384 g/mol. The number of halogens is 1. The monoisotopic (exact) mass is 398 g/mol. The fourth-order valence-electron chi connectivity index (χ4n) is 2.50. The van der Waals surface area contributed by atoms with E-state index in [-0.39, 0.29) is 5.91 Å². The molecule has 1 aliphatic rings. The summed E-state index contributed by atoms with van der Waals surface area (Å²) in [6.07, 6.45) is 4.83. The van der Waals surface area contributed by atoms with Gasteiger partial charge < -0.3 is 0 Å². The van der Waals surface area contributed by atoms with Crippen LogP contribution in [0.15, 0.2) is 36.1 Å². The Morgan fingerprint density at radius 3 is 2.88 bits per heavy atom. The third-order valence-electron chi connectivity index (χ3n) is 3.63. The van der Waals surface area contributed by atoms with Crippen LogP contribution in [-0.2, 0) is 14.8 Å². The molecule has 1 fully saturated rings. The number of carbonyl (C=O) groups is 1. The van der Waals surface area contributed by atoms with E-state index in [0.717, 1.165) is 10.3 Å². The van der Waals surface area contributed by atoms with Crippen LogP contribution in [-0.4, -0.2) is 36.9 Å². The minimum Gasteiger partial charge on any atom is -0.294 e. The third-order valence-corrected chi connectivity index (χ3v) is 6.28. The fraction of sp³-hybridized carbons (Fsp3) is 0.267. The molecule has 0 saturated carbocycles. The molecule has 7 nitrogen and oxygen atoms in total. The molecule has 0 radical (unpaired) electrons. The second-order valence-electron chi connectivity index (χ2n) is 5.46. The van der Waals surface area contributed by atoms with E-state index < -0.39 is 16.1 Å². The first kappa shape index (κ1) is 18.0. The zero-order valence-electron chi connectivity index (χ0n) is 13.2. The summed E-state index contributed by atoms with van der Waals surface area (Å²) in [4.78, 5) is 22.6. The maximum Gasteiger partial charge on any atom is 0.246 e. The first-order valence-corrected chi connectivity index (χ1v) is 10.1. The van der Waals surface area contributed by atoms with Gasteiger partial charge in [0.05, 0.1) is 15.9 Å². The molecule has 3 heterocycles. The predicted molar refractivity (Wildman–Crippen MR) is 97.8 cm³/mol. The van der Waals surface area contributed by atoms with Crippen LogP contribution in [0.5, 0.6) is 0 Å². The Hall–Kier alpha value is -1.81. The summed E-state index contributed by atoms with van der Waals surface area (Å²) in [5, 5.41) is 1.12. The van der Waals surface area contributed by atoms with E-state index >= 15 is 0 Å². The van der Waals surface area contributed by atoms with Crippen LogP contribution in [0.3, 0.4) is 0 Å². The molecule has 132 valence electrons. The summed E-state index contributed by atoms with van der Waals surface area (Å²) in [7, 11) is -3.77. The third kappa shape index (κ3) is 4.24. The van der Waals surface area contributed by atoms with Crippen molar-refractivity contribution in [3.8, 4) is 0 Å². The number of anilines is 1. The summed E-state index contributed by atoms with van der Waals surface area (Å²) >= 11 is 7.16. The largest absolute Gasteiger partial charge is 0.294 e. The summed E-state index contributed by atoms with van der Waals surface area (Å²) < 4.78 is 27.7. The van der Waals surface area contributed by atoms with Gasteiger partial charge in [0.2, 0.25) is 15.9 Å². The number of rotatable bonds is 5. The summed E-state index contributed by atoms with van der Waals surface area (Å²) in [5.41, 5.74) is 0.556. The molecule has 1 atom stereocenters. The smallest absolute Gasteiger partial charge is 0.246 e. The zero-order chi connectivity index (χ0) is 18.0. The van der Waals surface area contributed by atoms with E-state index in [2.05, 4.69) is 14.7 Å². The number of thiophene rings is 1. The fourth-order valence-corrected chi connectivity index (χ4v) is 4.86. The van der Waals surface area contributed by atoms with Crippen molar-refractivity contribution in [3.05, 3.63) is 45.3 Å². The summed E-state index contributed by atoms with van der Waals surface area (Å²) in [6, 6.07) is 2.64. The predicted octanol–water partition coefficient (Wildman–Crippen LogP) is 2.28. The van der Waals surface area contributed by atoms with Crippen molar-refractivity contribution < 1.29 is 13.2 Å². The van der Waals surface area contributed by atoms with Crippen LogP contribution in [0.2, 0.25) is 4.34 Å². The molecule has 3 rings (SSSR count). The van der Waals surface area contributed by atoms with Gasteiger partial charge in [-0.2, -0.15) is 4.72 Å². The maximum atomic E-state index is 12.4. The molecular formula is C15H15ClN4O3S2. The van der Waals surface area contributed by atoms with E-state index in [1.165, 1.54) is 34.8 Å². The maximum absolute atomic E-state index is 12.4. The Morgan fingerprint density at radius 1 is 1.44 bits per heavy atom. The van der Waals surface area contributed by atoms with Crippen LogP contribution in [0.25, 0.3) is 5.57 Å². The second-order valence-corrected chi connectivity index (χ2v) is 8.74.